The zero-order valence-electron chi connectivity index (χ0n) is 16.8. The fourth-order valence-electron chi connectivity index (χ4n) is 4.23. The van der Waals surface area contributed by atoms with E-state index in [1.165, 1.54) is 18.3 Å². The summed E-state index contributed by atoms with van der Waals surface area (Å²) >= 11 is 0. The number of aromatic amines is 1. The van der Waals surface area contributed by atoms with E-state index in [1.54, 1.807) is 24.3 Å². The molecule has 7 nitrogen and oxygen atoms in total. The third-order valence-corrected chi connectivity index (χ3v) is 5.90. The number of nitrogens with zero attached hydrogens (tertiary/aromatic N) is 3. The molecule has 1 aliphatic carbocycles. The first-order valence-electron chi connectivity index (χ1n) is 10.1. The van der Waals surface area contributed by atoms with Crippen molar-refractivity contribution in [1.82, 2.24) is 20.2 Å². The molecule has 1 aromatic carbocycles. The Bertz CT molecular complexity index is 1300. The standard InChI is InChI=1S/C23H19F2N5O2/c24-15-10-23(11-15,21-16(25)2-1-7-26-21)12-27-20-6-5-18(29-30-20)13-3-4-17-14(8-13)9-19(28-17)22(31)32/h1-9,15,28H,10-12H2,(H,27,30)(H,31,32). The van der Waals surface area contributed by atoms with Crippen LogP contribution in [-0.4, -0.2) is 44.0 Å². The lowest BCUT2D eigenvalue weighted by molar-refractivity contribution is 0.0691. The molecule has 162 valence electrons. The molecule has 1 fully saturated rings. The topological polar surface area (TPSA) is 104 Å². The lowest BCUT2D eigenvalue weighted by Crippen LogP contribution is -2.49. The maximum atomic E-state index is 14.3. The fraction of sp³-hybridized carbons (Fsp3) is 0.217. The molecule has 0 amide bonds. The minimum Gasteiger partial charge on any atom is -0.477 e. The zero-order chi connectivity index (χ0) is 22.3. The Hall–Kier alpha value is -3.88. The van der Waals surface area contributed by atoms with Gasteiger partial charge in [0.15, 0.2) is 0 Å². The maximum absolute atomic E-state index is 14.3. The van der Waals surface area contributed by atoms with Crippen LogP contribution in [0.15, 0.2) is 54.7 Å². The molecule has 3 heterocycles. The van der Waals surface area contributed by atoms with Crippen LogP contribution in [0.25, 0.3) is 22.2 Å². The number of benzene rings is 1. The Balaban J connectivity index is 1.33. The number of pyridine rings is 1. The second kappa shape index (κ2) is 7.67. The summed E-state index contributed by atoms with van der Waals surface area (Å²) in [5.74, 6) is -0.969. The number of halogens is 2. The van der Waals surface area contributed by atoms with Crippen molar-refractivity contribution in [3.8, 4) is 11.3 Å². The van der Waals surface area contributed by atoms with Crippen LogP contribution in [-0.2, 0) is 5.41 Å². The van der Waals surface area contributed by atoms with E-state index in [4.69, 9.17) is 5.11 Å². The van der Waals surface area contributed by atoms with E-state index >= 15 is 0 Å². The number of aromatic nitrogens is 4. The van der Waals surface area contributed by atoms with Gasteiger partial charge in [0.25, 0.3) is 0 Å². The van der Waals surface area contributed by atoms with Crippen LogP contribution < -0.4 is 5.32 Å². The normalized spacial score (nSPS) is 20.1. The molecule has 1 saturated carbocycles. The molecular formula is C23H19F2N5O2. The number of aromatic carboxylic acids is 1. The molecule has 0 bridgehead atoms. The monoisotopic (exact) mass is 435 g/mol. The average molecular weight is 435 g/mol. The summed E-state index contributed by atoms with van der Waals surface area (Å²) in [4.78, 5) is 18.1. The number of fused-ring (bicyclic) bond motifs is 1. The highest BCUT2D eigenvalue weighted by Gasteiger charge is 2.48. The highest BCUT2D eigenvalue weighted by Crippen LogP contribution is 2.45. The van der Waals surface area contributed by atoms with Crippen LogP contribution in [0.5, 0.6) is 0 Å². The van der Waals surface area contributed by atoms with Crippen LogP contribution in [0.4, 0.5) is 14.6 Å². The van der Waals surface area contributed by atoms with E-state index in [9.17, 15) is 13.6 Å². The Morgan fingerprint density at radius 3 is 2.72 bits per heavy atom. The van der Waals surface area contributed by atoms with Gasteiger partial charge in [-0.3, -0.25) is 4.98 Å². The van der Waals surface area contributed by atoms with E-state index in [0.717, 1.165) is 16.5 Å². The van der Waals surface area contributed by atoms with E-state index in [1.807, 2.05) is 12.1 Å². The van der Waals surface area contributed by atoms with Gasteiger partial charge in [0.05, 0.1) is 11.4 Å². The Morgan fingerprint density at radius 1 is 1.19 bits per heavy atom. The van der Waals surface area contributed by atoms with Gasteiger partial charge in [-0.25, -0.2) is 13.6 Å². The lowest BCUT2D eigenvalue weighted by Gasteiger charge is -2.44. The molecule has 0 saturated heterocycles. The number of carboxylic acid groups (broad SMARTS) is 1. The van der Waals surface area contributed by atoms with Crippen LogP contribution in [0, 0.1) is 5.82 Å². The summed E-state index contributed by atoms with van der Waals surface area (Å²) in [5, 5.41) is 21.5. The highest BCUT2D eigenvalue weighted by atomic mass is 19.1. The lowest BCUT2D eigenvalue weighted by atomic mass is 9.65. The van der Waals surface area contributed by atoms with Crippen molar-refractivity contribution in [2.75, 3.05) is 11.9 Å². The van der Waals surface area contributed by atoms with Crippen LogP contribution in [0.1, 0.15) is 29.0 Å². The third-order valence-electron chi connectivity index (χ3n) is 5.90. The summed E-state index contributed by atoms with van der Waals surface area (Å²) in [6.45, 7) is 0.294. The molecule has 5 rings (SSSR count). The Morgan fingerprint density at radius 2 is 2.03 bits per heavy atom. The first-order chi connectivity index (χ1) is 15.4. The molecule has 3 aromatic heterocycles. The number of carbonyl (C=O) groups is 1. The first kappa shape index (κ1) is 20.0. The summed E-state index contributed by atoms with van der Waals surface area (Å²) in [5.41, 5.74) is 1.80. The van der Waals surface area contributed by atoms with Crippen molar-refractivity contribution >= 4 is 22.7 Å². The second-order valence-electron chi connectivity index (χ2n) is 8.07. The molecule has 0 spiro atoms. The van der Waals surface area contributed by atoms with E-state index in [0.29, 0.717) is 18.1 Å². The summed E-state index contributed by atoms with van der Waals surface area (Å²) in [7, 11) is 0. The highest BCUT2D eigenvalue weighted by molar-refractivity contribution is 5.95. The molecule has 0 atom stereocenters. The Labute approximate surface area is 181 Å². The molecular weight excluding hydrogens is 416 g/mol. The van der Waals surface area contributed by atoms with Gasteiger partial charge in [0, 0.05) is 34.6 Å². The predicted octanol–water partition coefficient (Wildman–Crippen LogP) is 4.34. The van der Waals surface area contributed by atoms with Gasteiger partial charge in [0.2, 0.25) is 0 Å². The minimum atomic E-state index is -1.02. The number of hydrogen-bond acceptors (Lipinski definition) is 5. The van der Waals surface area contributed by atoms with Crippen molar-refractivity contribution in [3.05, 3.63) is 71.9 Å². The molecule has 0 aliphatic heterocycles. The van der Waals surface area contributed by atoms with Crippen molar-refractivity contribution in [1.29, 1.82) is 0 Å². The molecule has 0 radical (unpaired) electrons. The number of anilines is 1. The van der Waals surface area contributed by atoms with E-state index in [2.05, 4.69) is 25.5 Å². The van der Waals surface area contributed by atoms with Gasteiger partial charge in [-0.2, -0.15) is 0 Å². The van der Waals surface area contributed by atoms with Gasteiger partial charge < -0.3 is 15.4 Å². The number of hydrogen-bond donors (Lipinski definition) is 3. The summed E-state index contributed by atoms with van der Waals surface area (Å²) < 4.78 is 28.0. The molecule has 32 heavy (non-hydrogen) atoms. The maximum Gasteiger partial charge on any atom is 0.352 e. The first-order valence-corrected chi connectivity index (χ1v) is 10.1. The van der Waals surface area contributed by atoms with Gasteiger partial charge in [0.1, 0.15) is 23.5 Å². The molecule has 0 unspecified atom stereocenters. The zero-order valence-corrected chi connectivity index (χ0v) is 16.8. The number of alkyl halides is 1. The molecule has 3 N–H and O–H groups in total. The molecule has 4 aromatic rings. The number of rotatable bonds is 6. The number of carboxylic acids is 1. The van der Waals surface area contributed by atoms with E-state index in [-0.39, 0.29) is 24.2 Å². The van der Waals surface area contributed by atoms with Crippen LogP contribution in [0.2, 0.25) is 0 Å². The van der Waals surface area contributed by atoms with Crippen molar-refractivity contribution in [2.24, 2.45) is 0 Å². The Kier molecular flexibility index (Phi) is 4.80. The van der Waals surface area contributed by atoms with Gasteiger partial charge >= 0.3 is 5.97 Å². The van der Waals surface area contributed by atoms with Crippen LogP contribution in [0.3, 0.4) is 0 Å². The van der Waals surface area contributed by atoms with E-state index < -0.39 is 23.4 Å². The van der Waals surface area contributed by atoms with Crippen molar-refractivity contribution in [3.63, 3.8) is 0 Å². The number of nitrogens with one attached hydrogen (secondary N) is 2. The molecule has 1 aliphatic rings. The predicted molar refractivity (Wildman–Crippen MR) is 115 cm³/mol. The second-order valence-corrected chi connectivity index (χ2v) is 8.07. The van der Waals surface area contributed by atoms with Gasteiger partial charge in [-0.1, -0.05) is 6.07 Å². The van der Waals surface area contributed by atoms with Crippen molar-refractivity contribution < 1.29 is 18.7 Å². The molecule has 9 heteroatoms. The smallest absolute Gasteiger partial charge is 0.352 e. The summed E-state index contributed by atoms with van der Waals surface area (Å²) in [6.07, 6.45) is 0.945. The SMILES string of the molecule is O=C(O)c1cc2cc(-c3ccc(NCC4(c5ncccc5F)CC(F)C4)nn3)ccc2[nH]1. The van der Waals surface area contributed by atoms with Gasteiger partial charge in [-0.05, 0) is 55.3 Å². The third kappa shape index (κ3) is 3.55. The largest absolute Gasteiger partial charge is 0.477 e. The average Bonchev–Trinajstić information content (AvgIpc) is 3.21. The fourth-order valence-corrected chi connectivity index (χ4v) is 4.23. The van der Waals surface area contributed by atoms with Crippen LogP contribution >= 0.6 is 0 Å². The number of H-pyrrole nitrogens is 1. The quantitative estimate of drug-likeness (QED) is 0.416. The van der Waals surface area contributed by atoms with Gasteiger partial charge in [-0.15, -0.1) is 10.2 Å². The summed E-state index contributed by atoms with van der Waals surface area (Å²) in [6, 6.07) is 13.4. The minimum absolute atomic E-state index is 0.118. The van der Waals surface area contributed by atoms with Crippen molar-refractivity contribution in [2.45, 2.75) is 24.4 Å².